The number of piperidine rings is 1. The summed E-state index contributed by atoms with van der Waals surface area (Å²) in [6.07, 6.45) is 7.00. The summed E-state index contributed by atoms with van der Waals surface area (Å²) in [5.41, 5.74) is 0. The highest BCUT2D eigenvalue weighted by atomic mass is 16.2. The Bertz CT molecular complexity index is 226. The van der Waals surface area contributed by atoms with E-state index in [2.05, 4.69) is 19.2 Å². The van der Waals surface area contributed by atoms with Crippen LogP contribution in [-0.4, -0.2) is 11.8 Å². The average Bonchev–Trinajstić information content (AvgIpc) is 2.26. The molecule has 0 aromatic heterocycles. The van der Waals surface area contributed by atoms with Crippen molar-refractivity contribution in [3.8, 4) is 0 Å². The summed E-state index contributed by atoms with van der Waals surface area (Å²) in [5, 5.41) is 2.52. The van der Waals surface area contributed by atoms with E-state index in [-0.39, 0.29) is 23.7 Å². The second-order valence-corrected chi connectivity index (χ2v) is 4.77. The van der Waals surface area contributed by atoms with Gasteiger partial charge in [0.15, 0.2) is 0 Å². The largest absolute Gasteiger partial charge is 0.296 e. The average molecular weight is 225 g/mol. The van der Waals surface area contributed by atoms with Crippen molar-refractivity contribution in [3.63, 3.8) is 0 Å². The van der Waals surface area contributed by atoms with Crippen LogP contribution in [0, 0.1) is 11.8 Å². The fourth-order valence-electron chi connectivity index (χ4n) is 2.28. The molecule has 1 N–H and O–H groups in total. The van der Waals surface area contributed by atoms with Crippen LogP contribution in [0.4, 0.5) is 0 Å². The summed E-state index contributed by atoms with van der Waals surface area (Å²) in [5.74, 6) is 0.0383. The van der Waals surface area contributed by atoms with Gasteiger partial charge in [-0.1, -0.05) is 39.5 Å². The molecular weight excluding hydrogens is 202 g/mol. The van der Waals surface area contributed by atoms with Crippen molar-refractivity contribution in [1.82, 2.24) is 5.32 Å². The molecule has 0 radical (unpaired) electrons. The number of carbonyl (C=O) groups is 2. The highest BCUT2D eigenvalue weighted by Gasteiger charge is 2.33. The molecule has 0 aromatic carbocycles. The molecule has 1 heterocycles. The van der Waals surface area contributed by atoms with Crippen molar-refractivity contribution in [2.45, 2.75) is 58.8 Å². The summed E-state index contributed by atoms with van der Waals surface area (Å²) in [6.45, 7) is 4.25. The Morgan fingerprint density at radius 3 is 1.81 bits per heavy atom. The van der Waals surface area contributed by atoms with Gasteiger partial charge in [0.2, 0.25) is 11.8 Å². The van der Waals surface area contributed by atoms with Gasteiger partial charge in [0, 0.05) is 11.8 Å². The first-order valence-electron chi connectivity index (χ1n) is 6.53. The van der Waals surface area contributed by atoms with Crippen molar-refractivity contribution in [3.05, 3.63) is 0 Å². The predicted octanol–water partition coefficient (Wildman–Crippen LogP) is 2.65. The van der Waals surface area contributed by atoms with Crippen LogP contribution in [0.2, 0.25) is 0 Å². The maximum absolute atomic E-state index is 11.6. The first-order chi connectivity index (χ1) is 7.69. The minimum atomic E-state index is -0.0498. The number of rotatable bonds is 6. The van der Waals surface area contributed by atoms with Crippen molar-refractivity contribution in [1.29, 1.82) is 0 Å². The Balaban J connectivity index is 2.47. The number of hydrogen-bond donors (Lipinski definition) is 1. The summed E-state index contributed by atoms with van der Waals surface area (Å²) in [7, 11) is 0. The van der Waals surface area contributed by atoms with Gasteiger partial charge in [-0.15, -0.1) is 0 Å². The Kier molecular flexibility index (Phi) is 5.50. The molecule has 0 spiro atoms. The SMILES string of the molecule is CCCCC1CC(CCCC)C(=O)NC1=O. The van der Waals surface area contributed by atoms with Crippen molar-refractivity contribution in [2.24, 2.45) is 11.8 Å². The van der Waals surface area contributed by atoms with Crippen molar-refractivity contribution < 1.29 is 9.59 Å². The van der Waals surface area contributed by atoms with E-state index in [1.54, 1.807) is 0 Å². The normalized spacial score (nSPS) is 25.6. The second-order valence-electron chi connectivity index (χ2n) is 4.77. The van der Waals surface area contributed by atoms with Crippen LogP contribution < -0.4 is 5.32 Å². The fourth-order valence-corrected chi connectivity index (χ4v) is 2.28. The van der Waals surface area contributed by atoms with Gasteiger partial charge in [-0.2, -0.15) is 0 Å². The highest BCUT2D eigenvalue weighted by molar-refractivity contribution is 5.99. The zero-order chi connectivity index (χ0) is 12.0. The van der Waals surface area contributed by atoms with Crippen LogP contribution in [-0.2, 0) is 9.59 Å². The Morgan fingerprint density at radius 2 is 1.44 bits per heavy atom. The first kappa shape index (κ1) is 13.2. The molecule has 0 bridgehead atoms. The molecule has 0 aliphatic carbocycles. The molecule has 3 nitrogen and oxygen atoms in total. The molecule has 1 fully saturated rings. The third kappa shape index (κ3) is 3.62. The lowest BCUT2D eigenvalue weighted by molar-refractivity contribution is -0.140. The summed E-state index contributed by atoms with van der Waals surface area (Å²) in [4.78, 5) is 23.2. The van der Waals surface area contributed by atoms with E-state index in [1.165, 1.54) is 0 Å². The molecule has 2 unspecified atom stereocenters. The number of amides is 2. The predicted molar refractivity (Wildman–Crippen MR) is 63.8 cm³/mol. The first-order valence-corrected chi connectivity index (χ1v) is 6.53. The molecule has 0 saturated carbocycles. The van der Waals surface area contributed by atoms with Crippen LogP contribution in [0.1, 0.15) is 58.8 Å². The molecular formula is C13H23NO2. The number of nitrogens with one attached hydrogen (secondary N) is 1. The topological polar surface area (TPSA) is 46.2 Å². The minimum Gasteiger partial charge on any atom is -0.296 e. The van der Waals surface area contributed by atoms with Crippen LogP contribution in [0.25, 0.3) is 0 Å². The van der Waals surface area contributed by atoms with Gasteiger partial charge in [0.25, 0.3) is 0 Å². The Labute approximate surface area is 98.0 Å². The van der Waals surface area contributed by atoms with Crippen LogP contribution in [0.3, 0.4) is 0 Å². The van der Waals surface area contributed by atoms with Crippen molar-refractivity contribution in [2.75, 3.05) is 0 Å². The number of carbonyl (C=O) groups excluding carboxylic acids is 2. The monoisotopic (exact) mass is 225 g/mol. The molecule has 0 aromatic rings. The van der Waals surface area contributed by atoms with Crippen molar-refractivity contribution >= 4 is 11.8 Å². The number of unbranched alkanes of at least 4 members (excludes halogenated alkanes) is 2. The van der Waals surface area contributed by atoms with Gasteiger partial charge < -0.3 is 0 Å². The van der Waals surface area contributed by atoms with E-state index < -0.39 is 0 Å². The van der Waals surface area contributed by atoms with E-state index in [0.29, 0.717) is 0 Å². The smallest absolute Gasteiger partial charge is 0.229 e. The minimum absolute atomic E-state index is 0.0498. The van der Waals surface area contributed by atoms with Crippen LogP contribution in [0.5, 0.6) is 0 Å². The molecule has 92 valence electrons. The molecule has 16 heavy (non-hydrogen) atoms. The molecule has 1 saturated heterocycles. The summed E-state index contributed by atoms with van der Waals surface area (Å²) in [6, 6.07) is 0. The Hall–Kier alpha value is -0.860. The maximum atomic E-state index is 11.6. The van der Waals surface area contributed by atoms with Crippen LogP contribution >= 0.6 is 0 Å². The molecule has 3 heteroatoms. The lowest BCUT2D eigenvalue weighted by atomic mass is 9.83. The fraction of sp³-hybridized carbons (Fsp3) is 0.846. The third-order valence-electron chi connectivity index (χ3n) is 3.37. The van der Waals surface area contributed by atoms with Gasteiger partial charge in [-0.3, -0.25) is 14.9 Å². The third-order valence-corrected chi connectivity index (χ3v) is 3.37. The highest BCUT2D eigenvalue weighted by Crippen LogP contribution is 2.26. The lowest BCUT2D eigenvalue weighted by Crippen LogP contribution is -2.46. The summed E-state index contributed by atoms with van der Waals surface area (Å²) < 4.78 is 0. The van der Waals surface area contributed by atoms with Gasteiger partial charge in [-0.25, -0.2) is 0 Å². The summed E-state index contributed by atoms with van der Waals surface area (Å²) >= 11 is 0. The van der Waals surface area contributed by atoms with Gasteiger partial charge in [-0.05, 0) is 19.3 Å². The number of hydrogen-bond acceptors (Lipinski definition) is 2. The lowest BCUT2D eigenvalue weighted by Gasteiger charge is -2.27. The van der Waals surface area contributed by atoms with E-state index in [1.807, 2.05) is 0 Å². The second kappa shape index (κ2) is 6.66. The molecule has 1 rings (SSSR count). The van der Waals surface area contributed by atoms with Crippen LogP contribution in [0.15, 0.2) is 0 Å². The van der Waals surface area contributed by atoms with E-state index >= 15 is 0 Å². The van der Waals surface area contributed by atoms with Gasteiger partial charge in [0.05, 0.1) is 0 Å². The zero-order valence-electron chi connectivity index (χ0n) is 10.4. The molecule has 2 amide bonds. The van der Waals surface area contributed by atoms with E-state index in [9.17, 15) is 9.59 Å². The molecule has 1 aliphatic rings. The zero-order valence-corrected chi connectivity index (χ0v) is 10.4. The van der Waals surface area contributed by atoms with E-state index in [0.717, 1.165) is 44.9 Å². The molecule has 1 aliphatic heterocycles. The van der Waals surface area contributed by atoms with E-state index in [4.69, 9.17) is 0 Å². The standard InChI is InChI=1S/C13H23NO2/c1-3-5-7-10-9-11(8-6-4-2)13(16)14-12(10)15/h10-11H,3-9H2,1-2H3,(H,14,15,16). The maximum Gasteiger partial charge on any atom is 0.229 e. The van der Waals surface area contributed by atoms with Gasteiger partial charge in [0.1, 0.15) is 0 Å². The Morgan fingerprint density at radius 1 is 1.00 bits per heavy atom. The number of imide groups is 1. The quantitative estimate of drug-likeness (QED) is 0.706. The molecule has 2 atom stereocenters. The van der Waals surface area contributed by atoms with Gasteiger partial charge >= 0.3 is 0 Å².